The molecule has 2 aromatic rings. The van der Waals surface area contributed by atoms with E-state index in [-0.39, 0.29) is 0 Å². The molecule has 8 nitrogen and oxygen atoms in total. The van der Waals surface area contributed by atoms with Crippen molar-refractivity contribution in [2.75, 3.05) is 46.9 Å². The Morgan fingerprint density at radius 1 is 1.26 bits per heavy atom. The van der Waals surface area contributed by atoms with E-state index in [4.69, 9.17) is 19.0 Å². The zero-order valence-electron chi connectivity index (χ0n) is 18.8. The molecule has 0 amide bonds. The lowest BCUT2D eigenvalue weighted by molar-refractivity contribution is 0.169. The fourth-order valence-electron chi connectivity index (χ4n) is 3.76. The Morgan fingerprint density at radius 3 is 2.68 bits per heavy atom. The highest BCUT2D eigenvalue weighted by molar-refractivity contribution is 5.80. The van der Waals surface area contributed by atoms with Gasteiger partial charge in [0.2, 0.25) is 0 Å². The SMILES string of the molecule is C=CCc1cc(CN=C(NCC)N2CCN(Cc3ccon3)CC2)cc(OC)c1OC. The zero-order valence-corrected chi connectivity index (χ0v) is 18.8. The summed E-state index contributed by atoms with van der Waals surface area (Å²) in [6.07, 6.45) is 4.20. The van der Waals surface area contributed by atoms with Crippen LogP contribution in [-0.4, -0.2) is 67.9 Å². The number of nitrogens with zero attached hydrogens (tertiary/aromatic N) is 4. The van der Waals surface area contributed by atoms with Crippen LogP contribution in [0.1, 0.15) is 23.7 Å². The van der Waals surface area contributed by atoms with Gasteiger partial charge in [0.05, 0.1) is 26.5 Å². The summed E-state index contributed by atoms with van der Waals surface area (Å²) in [5.74, 6) is 2.41. The second-order valence-electron chi connectivity index (χ2n) is 7.41. The molecular formula is C23H33N5O3. The third-order valence-electron chi connectivity index (χ3n) is 5.27. The van der Waals surface area contributed by atoms with Gasteiger partial charge in [0, 0.05) is 50.9 Å². The highest BCUT2D eigenvalue weighted by atomic mass is 16.5. The van der Waals surface area contributed by atoms with Crippen molar-refractivity contribution in [2.24, 2.45) is 4.99 Å². The predicted octanol–water partition coefficient (Wildman–Crippen LogP) is 2.70. The Balaban J connectivity index is 1.68. The minimum Gasteiger partial charge on any atom is -0.493 e. The predicted molar refractivity (Wildman–Crippen MR) is 122 cm³/mol. The fraction of sp³-hybridized carbons (Fsp3) is 0.478. The summed E-state index contributed by atoms with van der Waals surface area (Å²) in [7, 11) is 3.32. The number of allylic oxidation sites excluding steroid dienone is 1. The van der Waals surface area contributed by atoms with E-state index in [1.165, 1.54) is 0 Å². The summed E-state index contributed by atoms with van der Waals surface area (Å²) in [6, 6.07) is 6.03. The number of hydrogen-bond acceptors (Lipinski definition) is 6. The molecule has 0 atom stereocenters. The summed E-state index contributed by atoms with van der Waals surface area (Å²) < 4.78 is 16.0. The summed E-state index contributed by atoms with van der Waals surface area (Å²) in [5, 5.41) is 7.44. The maximum atomic E-state index is 5.54. The fourth-order valence-corrected chi connectivity index (χ4v) is 3.76. The minimum atomic E-state index is 0.561. The van der Waals surface area contributed by atoms with Crippen LogP contribution in [0.3, 0.4) is 0 Å². The largest absolute Gasteiger partial charge is 0.493 e. The van der Waals surface area contributed by atoms with E-state index in [0.717, 1.165) is 73.5 Å². The van der Waals surface area contributed by atoms with Crippen LogP contribution in [0.5, 0.6) is 11.5 Å². The number of methoxy groups -OCH3 is 2. The molecule has 1 N–H and O–H groups in total. The van der Waals surface area contributed by atoms with Crippen LogP contribution in [0.4, 0.5) is 0 Å². The van der Waals surface area contributed by atoms with Crippen LogP contribution < -0.4 is 14.8 Å². The normalized spacial score (nSPS) is 15.1. The molecule has 2 heterocycles. The molecule has 8 heteroatoms. The lowest BCUT2D eigenvalue weighted by atomic mass is 10.1. The van der Waals surface area contributed by atoms with Crippen molar-refractivity contribution in [1.29, 1.82) is 0 Å². The highest BCUT2D eigenvalue weighted by Crippen LogP contribution is 2.33. The number of rotatable bonds is 9. The lowest BCUT2D eigenvalue weighted by Crippen LogP contribution is -2.52. The summed E-state index contributed by atoms with van der Waals surface area (Å²) in [5.41, 5.74) is 3.10. The lowest BCUT2D eigenvalue weighted by Gasteiger charge is -2.36. The first kappa shape index (κ1) is 22.7. The number of aliphatic imine (C=N–C) groups is 1. The van der Waals surface area contributed by atoms with Crippen molar-refractivity contribution in [1.82, 2.24) is 20.3 Å². The summed E-state index contributed by atoms with van der Waals surface area (Å²) in [6.45, 7) is 11.9. The Labute approximate surface area is 184 Å². The van der Waals surface area contributed by atoms with Gasteiger partial charge in [-0.3, -0.25) is 4.90 Å². The van der Waals surface area contributed by atoms with E-state index < -0.39 is 0 Å². The minimum absolute atomic E-state index is 0.561. The van der Waals surface area contributed by atoms with Crippen molar-refractivity contribution in [3.63, 3.8) is 0 Å². The molecule has 3 rings (SSSR count). The van der Waals surface area contributed by atoms with Gasteiger partial charge in [-0.2, -0.15) is 0 Å². The van der Waals surface area contributed by atoms with Gasteiger partial charge in [-0.25, -0.2) is 4.99 Å². The molecule has 1 aromatic carbocycles. The molecule has 0 spiro atoms. The van der Waals surface area contributed by atoms with E-state index in [1.807, 2.05) is 18.2 Å². The van der Waals surface area contributed by atoms with Gasteiger partial charge in [0.15, 0.2) is 17.5 Å². The van der Waals surface area contributed by atoms with Gasteiger partial charge in [-0.05, 0) is 31.0 Å². The Bertz CT molecular complexity index is 858. The molecule has 1 saturated heterocycles. The van der Waals surface area contributed by atoms with E-state index in [0.29, 0.717) is 13.0 Å². The Kier molecular flexibility index (Phi) is 8.35. The quantitative estimate of drug-likeness (QED) is 0.375. The second-order valence-corrected chi connectivity index (χ2v) is 7.41. The zero-order chi connectivity index (χ0) is 22.1. The Hall–Kier alpha value is -3.00. The van der Waals surface area contributed by atoms with Crippen LogP contribution in [0.25, 0.3) is 0 Å². The summed E-state index contributed by atoms with van der Waals surface area (Å²) >= 11 is 0. The van der Waals surface area contributed by atoms with Crippen LogP contribution in [-0.2, 0) is 19.5 Å². The van der Waals surface area contributed by atoms with Gasteiger partial charge < -0.3 is 24.2 Å². The molecule has 1 aliphatic heterocycles. The molecule has 1 aliphatic rings. The number of hydrogen-bond donors (Lipinski definition) is 1. The third kappa shape index (κ3) is 6.01. The van der Waals surface area contributed by atoms with Crippen LogP contribution in [0.15, 0.2) is 46.6 Å². The van der Waals surface area contributed by atoms with Crippen LogP contribution >= 0.6 is 0 Å². The number of piperazine rings is 1. The smallest absolute Gasteiger partial charge is 0.194 e. The maximum Gasteiger partial charge on any atom is 0.194 e. The van der Waals surface area contributed by atoms with Crippen LogP contribution in [0.2, 0.25) is 0 Å². The highest BCUT2D eigenvalue weighted by Gasteiger charge is 2.20. The maximum absolute atomic E-state index is 5.54. The van der Waals surface area contributed by atoms with Crippen molar-refractivity contribution < 1.29 is 14.0 Å². The van der Waals surface area contributed by atoms with Gasteiger partial charge >= 0.3 is 0 Å². The molecular weight excluding hydrogens is 394 g/mol. The van der Waals surface area contributed by atoms with E-state index in [1.54, 1.807) is 20.5 Å². The van der Waals surface area contributed by atoms with Crippen molar-refractivity contribution in [3.8, 4) is 11.5 Å². The van der Waals surface area contributed by atoms with Crippen molar-refractivity contribution in [2.45, 2.75) is 26.4 Å². The van der Waals surface area contributed by atoms with Gasteiger partial charge in [0.1, 0.15) is 6.26 Å². The topological polar surface area (TPSA) is 75.4 Å². The van der Waals surface area contributed by atoms with E-state index >= 15 is 0 Å². The van der Waals surface area contributed by atoms with Gasteiger partial charge in [0.25, 0.3) is 0 Å². The molecule has 0 saturated carbocycles. The van der Waals surface area contributed by atoms with E-state index in [9.17, 15) is 0 Å². The first-order valence-corrected chi connectivity index (χ1v) is 10.7. The number of guanidine groups is 1. The van der Waals surface area contributed by atoms with Crippen LogP contribution in [0, 0.1) is 0 Å². The Morgan fingerprint density at radius 2 is 2.06 bits per heavy atom. The number of aromatic nitrogens is 1. The van der Waals surface area contributed by atoms with Gasteiger partial charge in [-0.1, -0.05) is 11.2 Å². The molecule has 1 aromatic heterocycles. The number of nitrogens with one attached hydrogen (secondary N) is 1. The van der Waals surface area contributed by atoms with Crippen molar-refractivity contribution in [3.05, 3.63) is 53.9 Å². The average molecular weight is 428 g/mol. The molecule has 1 fully saturated rings. The molecule has 0 radical (unpaired) electrons. The first-order valence-electron chi connectivity index (χ1n) is 10.7. The summed E-state index contributed by atoms with van der Waals surface area (Å²) in [4.78, 5) is 9.60. The van der Waals surface area contributed by atoms with Gasteiger partial charge in [-0.15, -0.1) is 6.58 Å². The van der Waals surface area contributed by atoms with E-state index in [2.05, 4.69) is 39.8 Å². The first-order chi connectivity index (χ1) is 15.2. The standard InChI is InChI=1S/C23H33N5O3/c1-5-7-19-14-18(15-21(29-3)22(19)30-4)16-25-23(24-6-2)28-11-9-27(10-12-28)17-20-8-13-31-26-20/h5,8,13-15H,1,6-7,9-12,16-17H2,2-4H3,(H,24,25). The molecule has 168 valence electrons. The number of benzene rings is 1. The molecule has 0 bridgehead atoms. The number of ether oxygens (including phenoxy) is 2. The van der Waals surface area contributed by atoms with Crippen molar-refractivity contribution >= 4 is 5.96 Å². The monoisotopic (exact) mass is 427 g/mol. The average Bonchev–Trinajstić information content (AvgIpc) is 3.30. The molecule has 31 heavy (non-hydrogen) atoms. The third-order valence-corrected chi connectivity index (χ3v) is 5.27. The molecule has 0 aliphatic carbocycles. The molecule has 0 unspecified atom stereocenters. The second kappa shape index (κ2) is 11.4.